The molecule has 1 aromatic rings. The lowest BCUT2D eigenvalue weighted by molar-refractivity contribution is -0.178. The van der Waals surface area contributed by atoms with E-state index in [1.807, 2.05) is 0 Å². The van der Waals surface area contributed by atoms with Crippen LogP contribution in [0.1, 0.15) is 20.3 Å². The quantitative estimate of drug-likeness (QED) is 0.610. The number of benzene rings is 1. The summed E-state index contributed by atoms with van der Waals surface area (Å²) in [5.74, 6) is 1.86. The van der Waals surface area contributed by atoms with E-state index in [4.69, 9.17) is 23.7 Å². The summed E-state index contributed by atoms with van der Waals surface area (Å²) in [5, 5.41) is 34.1. The Morgan fingerprint density at radius 2 is 1.52 bits per heavy atom. The number of aliphatic hydroxyl groups is 3. The lowest BCUT2D eigenvalue weighted by Crippen LogP contribution is -2.62. The van der Waals surface area contributed by atoms with Crippen LogP contribution in [0.5, 0.6) is 17.2 Å². The molecule has 0 amide bonds. The molecule has 3 rings (SSSR count). The molecule has 170 valence electrons. The molecule has 0 saturated heterocycles. The van der Waals surface area contributed by atoms with Crippen molar-refractivity contribution in [3.63, 3.8) is 0 Å². The number of ether oxygens (including phenoxy) is 5. The second-order valence-corrected chi connectivity index (χ2v) is 7.94. The highest BCUT2D eigenvalue weighted by Gasteiger charge is 2.53. The van der Waals surface area contributed by atoms with Crippen LogP contribution in [0.15, 0.2) is 29.6 Å². The van der Waals surface area contributed by atoms with Gasteiger partial charge in [-0.05, 0) is 42.4 Å². The molecule has 1 unspecified atom stereocenters. The Morgan fingerprint density at radius 3 is 2.03 bits per heavy atom. The highest BCUT2D eigenvalue weighted by atomic mass is 16.5. The lowest BCUT2D eigenvalue weighted by Gasteiger charge is -2.48. The summed E-state index contributed by atoms with van der Waals surface area (Å²) in [5.41, 5.74) is -2.34. The first-order valence-electron chi connectivity index (χ1n) is 9.79. The summed E-state index contributed by atoms with van der Waals surface area (Å²) in [7, 11) is 7.51. The second-order valence-electron chi connectivity index (χ2n) is 7.94. The van der Waals surface area contributed by atoms with E-state index in [-0.39, 0.29) is 6.42 Å². The van der Waals surface area contributed by atoms with Gasteiger partial charge in [0.15, 0.2) is 23.0 Å². The number of hydrogen-bond acceptors (Lipinski definition) is 8. The fourth-order valence-electron chi connectivity index (χ4n) is 4.18. The maximum atomic E-state index is 11.1. The maximum Gasteiger partial charge on any atom is 0.204 e. The zero-order valence-corrected chi connectivity index (χ0v) is 18.9. The Balaban J connectivity index is 2.65. The Labute approximate surface area is 181 Å². The van der Waals surface area contributed by atoms with Crippen molar-refractivity contribution in [2.24, 2.45) is 0 Å². The molecule has 0 aliphatic heterocycles. The minimum atomic E-state index is -1.78. The van der Waals surface area contributed by atoms with Crippen molar-refractivity contribution in [1.29, 1.82) is 0 Å². The molecule has 3 N–H and O–H groups in total. The van der Waals surface area contributed by atoms with Crippen LogP contribution in [0.4, 0.5) is 0 Å². The molecule has 3 atom stereocenters. The number of allylic oxidation sites excluding steroid dienone is 2. The van der Waals surface area contributed by atoms with E-state index in [2.05, 4.69) is 0 Å². The topological polar surface area (TPSA) is 107 Å². The molecule has 1 saturated carbocycles. The minimum Gasteiger partial charge on any atom is -0.493 e. The molecular weight excluding hydrogens is 404 g/mol. The van der Waals surface area contributed by atoms with E-state index in [0.29, 0.717) is 50.4 Å². The van der Waals surface area contributed by atoms with E-state index in [1.165, 1.54) is 49.4 Å². The van der Waals surface area contributed by atoms with Crippen molar-refractivity contribution >= 4 is 11.3 Å². The van der Waals surface area contributed by atoms with E-state index in [9.17, 15) is 15.3 Å². The van der Waals surface area contributed by atoms with Crippen molar-refractivity contribution in [3.8, 4) is 17.2 Å². The summed E-state index contributed by atoms with van der Waals surface area (Å²) >= 11 is 0. The SMILES string of the molecule is COC1=c2\c(OC)c(OC)c(OC)c\c2=C2/C[C@@](C)(O)[C@@](C)(O)C(O)/C2=C/C=C\1OC. The lowest BCUT2D eigenvalue weighted by atomic mass is 9.67. The predicted molar refractivity (Wildman–Crippen MR) is 114 cm³/mol. The van der Waals surface area contributed by atoms with Gasteiger partial charge < -0.3 is 39.0 Å². The van der Waals surface area contributed by atoms with Gasteiger partial charge in [0.1, 0.15) is 11.7 Å². The van der Waals surface area contributed by atoms with Gasteiger partial charge in [0.2, 0.25) is 5.75 Å². The van der Waals surface area contributed by atoms with Gasteiger partial charge in [-0.15, -0.1) is 0 Å². The normalized spacial score (nSPS) is 34.6. The Bertz CT molecular complexity index is 1060. The first-order valence-corrected chi connectivity index (χ1v) is 9.79. The van der Waals surface area contributed by atoms with E-state index >= 15 is 0 Å². The summed E-state index contributed by atoms with van der Waals surface area (Å²) in [6.07, 6.45) is 2.00. The summed E-state index contributed by atoms with van der Waals surface area (Å²) in [6.45, 7) is 2.91. The third-order valence-corrected chi connectivity index (χ3v) is 6.23. The molecule has 2 aliphatic rings. The third-order valence-electron chi connectivity index (χ3n) is 6.23. The molecule has 1 fully saturated rings. The van der Waals surface area contributed by atoms with Crippen LogP contribution in [-0.2, 0) is 9.47 Å². The van der Waals surface area contributed by atoms with Crippen molar-refractivity contribution in [2.75, 3.05) is 35.5 Å². The monoisotopic (exact) mass is 434 g/mol. The van der Waals surface area contributed by atoms with Crippen LogP contribution in [0.3, 0.4) is 0 Å². The van der Waals surface area contributed by atoms with Crippen molar-refractivity contribution < 1.29 is 39.0 Å². The summed E-state index contributed by atoms with van der Waals surface area (Å²) in [4.78, 5) is 0. The predicted octanol–water partition coefficient (Wildman–Crippen LogP) is 0.355. The van der Waals surface area contributed by atoms with E-state index in [1.54, 1.807) is 18.2 Å². The molecule has 1 aromatic carbocycles. The zero-order valence-electron chi connectivity index (χ0n) is 18.9. The number of fused-ring (bicyclic) bond motifs is 2. The molecule has 2 aliphatic carbocycles. The van der Waals surface area contributed by atoms with E-state index < -0.39 is 17.3 Å². The number of methoxy groups -OCH3 is 5. The standard InChI is InChI=1S/C23H30O8/c1-22(25)11-14-12(21(24)23(22,2)26)8-9-15(27-3)18(29-5)17-13(14)10-16(28-4)19(30-6)20(17)31-7/h8-10,21,24-26H,11H2,1-7H3/b9-8?,12-8+,14-13-,15-9+,18-15?,18-17-/t21?,22-,23+/m1/s1. The smallest absolute Gasteiger partial charge is 0.204 e. The molecular formula is C23H30O8. The highest BCUT2D eigenvalue weighted by Crippen LogP contribution is 2.44. The molecule has 0 heterocycles. The van der Waals surface area contributed by atoms with Crippen LogP contribution in [-0.4, -0.2) is 68.2 Å². The maximum absolute atomic E-state index is 11.1. The van der Waals surface area contributed by atoms with Gasteiger partial charge in [0.05, 0.1) is 46.4 Å². The van der Waals surface area contributed by atoms with Gasteiger partial charge in [0, 0.05) is 6.42 Å². The number of aliphatic hydroxyl groups excluding tert-OH is 1. The average Bonchev–Trinajstić information content (AvgIpc) is 2.73. The van der Waals surface area contributed by atoms with Crippen LogP contribution in [0.25, 0.3) is 11.3 Å². The van der Waals surface area contributed by atoms with Crippen LogP contribution < -0.4 is 24.6 Å². The molecule has 0 aromatic heterocycles. The number of hydrogen-bond donors (Lipinski definition) is 3. The van der Waals surface area contributed by atoms with Gasteiger partial charge in [-0.2, -0.15) is 0 Å². The van der Waals surface area contributed by atoms with Gasteiger partial charge in [-0.3, -0.25) is 0 Å². The first-order chi connectivity index (χ1) is 14.6. The highest BCUT2D eigenvalue weighted by molar-refractivity contribution is 5.76. The van der Waals surface area contributed by atoms with Gasteiger partial charge in [0.25, 0.3) is 0 Å². The minimum absolute atomic E-state index is 0.0572. The van der Waals surface area contributed by atoms with Gasteiger partial charge >= 0.3 is 0 Å². The van der Waals surface area contributed by atoms with Gasteiger partial charge in [-0.25, -0.2) is 0 Å². The largest absolute Gasteiger partial charge is 0.493 e. The van der Waals surface area contributed by atoms with Crippen molar-refractivity contribution in [3.05, 3.63) is 40.0 Å². The fourth-order valence-corrected chi connectivity index (χ4v) is 4.18. The zero-order chi connectivity index (χ0) is 23.1. The number of rotatable bonds is 5. The second kappa shape index (κ2) is 8.11. The van der Waals surface area contributed by atoms with Gasteiger partial charge in [-0.1, -0.05) is 6.08 Å². The van der Waals surface area contributed by atoms with E-state index in [0.717, 1.165) is 0 Å². The summed E-state index contributed by atoms with van der Waals surface area (Å²) in [6, 6.07) is 1.74. The summed E-state index contributed by atoms with van der Waals surface area (Å²) < 4.78 is 28.0. The van der Waals surface area contributed by atoms with Crippen molar-refractivity contribution in [1.82, 2.24) is 0 Å². The van der Waals surface area contributed by atoms with Crippen molar-refractivity contribution in [2.45, 2.75) is 37.6 Å². The Morgan fingerprint density at radius 1 is 0.871 bits per heavy atom. The Kier molecular flexibility index (Phi) is 6.01. The van der Waals surface area contributed by atoms with Crippen LogP contribution in [0, 0.1) is 0 Å². The first kappa shape index (κ1) is 23.0. The molecule has 31 heavy (non-hydrogen) atoms. The molecule has 0 bridgehead atoms. The fraction of sp³-hybridized carbons (Fsp3) is 0.478. The average molecular weight is 434 g/mol. The molecule has 0 spiro atoms. The third kappa shape index (κ3) is 3.35. The molecule has 8 heteroatoms. The van der Waals surface area contributed by atoms with Crippen LogP contribution >= 0.6 is 0 Å². The molecule has 8 nitrogen and oxygen atoms in total. The Hall–Kier alpha value is -2.68. The molecule has 0 radical (unpaired) electrons. The van der Waals surface area contributed by atoms with Crippen LogP contribution in [0.2, 0.25) is 0 Å².